The van der Waals surface area contributed by atoms with E-state index in [1.807, 2.05) is 45.3 Å². The third-order valence-electron chi connectivity index (χ3n) is 4.83. The molecule has 0 spiro atoms. The molecule has 0 heterocycles. The van der Waals surface area contributed by atoms with Crippen LogP contribution < -0.4 is 20.1 Å². The van der Waals surface area contributed by atoms with Crippen molar-refractivity contribution in [2.75, 3.05) is 47.9 Å². The first-order valence-corrected chi connectivity index (χ1v) is 10.1. The Morgan fingerprint density at radius 3 is 2.43 bits per heavy atom. The zero-order valence-electron chi connectivity index (χ0n) is 18.5. The largest absolute Gasteiger partial charge is 0.493 e. The second kappa shape index (κ2) is 12.0. The Morgan fingerprint density at radius 2 is 1.80 bits per heavy atom. The average Bonchev–Trinajstić information content (AvgIpc) is 2.74. The molecule has 0 aliphatic rings. The number of ether oxygens (including phenoxy) is 2. The van der Waals surface area contributed by atoms with E-state index in [4.69, 9.17) is 14.5 Å². The molecule has 2 aromatic rings. The molecule has 6 nitrogen and oxygen atoms in total. The first-order valence-electron chi connectivity index (χ1n) is 10.1. The van der Waals surface area contributed by atoms with Crippen LogP contribution in [0.5, 0.6) is 11.5 Å². The molecule has 0 aromatic heterocycles. The molecule has 0 saturated carbocycles. The average molecular weight is 417 g/mol. The second-order valence-corrected chi connectivity index (χ2v) is 7.08. The van der Waals surface area contributed by atoms with E-state index < -0.39 is 0 Å². The van der Waals surface area contributed by atoms with Crippen molar-refractivity contribution in [2.45, 2.75) is 19.4 Å². The van der Waals surface area contributed by atoms with Gasteiger partial charge < -0.3 is 25.0 Å². The quantitative estimate of drug-likeness (QED) is 0.460. The van der Waals surface area contributed by atoms with Gasteiger partial charge in [0, 0.05) is 13.1 Å². The number of guanidine groups is 1. The van der Waals surface area contributed by atoms with Crippen molar-refractivity contribution >= 4 is 5.96 Å². The summed E-state index contributed by atoms with van der Waals surface area (Å²) in [5.74, 6) is 1.93. The van der Waals surface area contributed by atoms with Crippen LogP contribution in [0.15, 0.2) is 47.5 Å². The molecule has 0 bridgehead atoms. The van der Waals surface area contributed by atoms with E-state index in [-0.39, 0.29) is 11.9 Å². The van der Waals surface area contributed by atoms with Crippen LogP contribution in [-0.2, 0) is 6.42 Å². The minimum Gasteiger partial charge on any atom is -0.493 e. The van der Waals surface area contributed by atoms with Crippen LogP contribution >= 0.6 is 0 Å². The van der Waals surface area contributed by atoms with Crippen molar-refractivity contribution in [1.82, 2.24) is 15.5 Å². The number of aliphatic imine (C=N–C) groups is 1. The summed E-state index contributed by atoms with van der Waals surface area (Å²) in [6.45, 7) is 3.91. The zero-order chi connectivity index (χ0) is 21.9. The molecule has 30 heavy (non-hydrogen) atoms. The Kier molecular flexibility index (Phi) is 9.41. The zero-order valence-corrected chi connectivity index (χ0v) is 18.5. The Labute approximate surface area is 179 Å². The third-order valence-corrected chi connectivity index (χ3v) is 4.83. The van der Waals surface area contributed by atoms with Crippen LogP contribution in [0.2, 0.25) is 0 Å². The minimum absolute atomic E-state index is 0.0619. The van der Waals surface area contributed by atoms with Crippen molar-refractivity contribution in [2.24, 2.45) is 4.99 Å². The van der Waals surface area contributed by atoms with Crippen molar-refractivity contribution in [1.29, 1.82) is 0 Å². The van der Waals surface area contributed by atoms with E-state index >= 15 is 0 Å². The first kappa shape index (κ1) is 23.5. The Hall–Kier alpha value is -2.80. The smallest absolute Gasteiger partial charge is 0.191 e. The summed E-state index contributed by atoms with van der Waals surface area (Å²) >= 11 is 0. The van der Waals surface area contributed by atoms with E-state index in [2.05, 4.69) is 15.5 Å². The monoisotopic (exact) mass is 416 g/mol. The van der Waals surface area contributed by atoms with Crippen LogP contribution in [0.1, 0.15) is 24.1 Å². The SMILES string of the molecule is CCNC(=NCC(c1ccc(OC)c(OC)c1)N(C)C)NCCc1ccccc1F. The molecule has 2 N–H and O–H groups in total. The molecule has 0 amide bonds. The Bertz CT molecular complexity index is 827. The number of rotatable bonds is 10. The number of likely N-dealkylation sites (N-methyl/N-ethyl adjacent to an activating group) is 1. The highest BCUT2D eigenvalue weighted by Crippen LogP contribution is 2.31. The van der Waals surface area contributed by atoms with Gasteiger partial charge in [-0.3, -0.25) is 4.99 Å². The fraction of sp³-hybridized carbons (Fsp3) is 0.435. The predicted molar refractivity (Wildman–Crippen MR) is 120 cm³/mol. The maximum Gasteiger partial charge on any atom is 0.191 e. The highest BCUT2D eigenvalue weighted by molar-refractivity contribution is 5.79. The molecule has 0 radical (unpaired) electrons. The van der Waals surface area contributed by atoms with Crippen LogP contribution in [0.4, 0.5) is 4.39 Å². The van der Waals surface area contributed by atoms with Crippen LogP contribution in [0, 0.1) is 5.82 Å². The molecular weight excluding hydrogens is 383 g/mol. The summed E-state index contributed by atoms with van der Waals surface area (Å²) in [5, 5.41) is 6.54. The van der Waals surface area contributed by atoms with Crippen LogP contribution in [0.3, 0.4) is 0 Å². The molecule has 1 atom stereocenters. The van der Waals surface area contributed by atoms with Gasteiger partial charge in [-0.2, -0.15) is 0 Å². The van der Waals surface area contributed by atoms with Gasteiger partial charge in [0.05, 0.1) is 26.8 Å². The molecule has 164 valence electrons. The highest BCUT2D eigenvalue weighted by atomic mass is 19.1. The van der Waals surface area contributed by atoms with E-state index in [1.54, 1.807) is 26.4 Å². The number of hydrogen-bond acceptors (Lipinski definition) is 4. The predicted octanol–water partition coefficient (Wildman–Crippen LogP) is 3.24. The lowest BCUT2D eigenvalue weighted by Crippen LogP contribution is -2.39. The van der Waals surface area contributed by atoms with Crippen LogP contribution in [-0.4, -0.2) is 58.8 Å². The maximum atomic E-state index is 13.8. The summed E-state index contributed by atoms with van der Waals surface area (Å²) in [6.07, 6.45) is 0.587. The van der Waals surface area contributed by atoms with Gasteiger partial charge in [-0.05, 0) is 56.8 Å². The minimum atomic E-state index is -0.178. The third kappa shape index (κ3) is 6.62. The van der Waals surface area contributed by atoms with Gasteiger partial charge in [-0.25, -0.2) is 4.39 Å². The van der Waals surface area contributed by atoms with E-state index in [9.17, 15) is 4.39 Å². The van der Waals surface area contributed by atoms with Crippen molar-refractivity contribution in [3.8, 4) is 11.5 Å². The van der Waals surface area contributed by atoms with Crippen molar-refractivity contribution in [3.63, 3.8) is 0 Å². The standard InChI is InChI=1S/C23H33FN4O2/c1-6-25-23(26-14-13-17-9-7-8-10-19(17)24)27-16-20(28(2)3)18-11-12-21(29-4)22(15-18)30-5/h7-12,15,20H,6,13-14,16H2,1-5H3,(H2,25,26,27). The van der Waals surface area contributed by atoms with Gasteiger partial charge in [-0.15, -0.1) is 0 Å². The molecule has 7 heteroatoms. The van der Waals surface area contributed by atoms with E-state index in [0.29, 0.717) is 42.5 Å². The Morgan fingerprint density at radius 1 is 1.07 bits per heavy atom. The van der Waals surface area contributed by atoms with Gasteiger partial charge in [0.1, 0.15) is 5.82 Å². The highest BCUT2D eigenvalue weighted by Gasteiger charge is 2.17. The van der Waals surface area contributed by atoms with Gasteiger partial charge in [0.15, 0.2) is 17.5 Å². The summed E-state index contributed by atoms with van der Waals surface area (Å²) < 4.78 is 24.6. The fourth-order valence-electron chi connectivity index (χ4n) is 3.16. The summed E-state index contributed by atoms with van der Waals surface area (Å²) in [5.41, 5.74) is 1.78. The number of hydrogen-bond donors (Lipinski definition) is 2. The lowest BCUT2D eigenvalue weighted by molar-refractivity contribution is 0.303. The van der Waals surface area contributed by atoms with Gasteiger partial charge in [0.2, 0.25) is 0 Å². The lowest BCUT2D eigenvalue weighted by atomic mass is 10.1. The van der Waals surface area contributed by atoms with Gasteiger partial charge in [0.25, 0.3) is 0 Å². The summed E-state index contributed by atoms with van der Waals surface area (Å²) in [6, 6.07) is 12.8. The van der Waals surface area contributed by atoms with Gasteiger partial charge in [-0.1, -0.05) is 24.3 Å². The summed E-state index contributed by atoms with van der Waals surface area (Å²) in [7, 11) is 7.30. The van der Waals surface area contributed by atoms with E-state index in [0.717, 1.165) is 12.1 Å². The number of nitrogens with zero attached hydrogens (tertiary/aromatic N) is 2. The maximum absolute atomic E-state index is 13.8. The molecule has 1 unspecified atom stereocenters. The molecule has 0 fully saturated rings. The first-order chi connectivity index (χ1) is 14.5. The van der Waals surface area contributed by atoms with Gasteiger partial charge >= 0.3 is 0 Å². The molecule has 2 rings (SSSR count). The second-order valence-electron chi connectivity index (χ2n) is 7.08. The number of benzene rings is 2. The van der Waals surface area contributed by atoms with E-state index in [1.165, 1.54) is 6.07 Å². The molecule has 2 aromatic carbocycles. The van der Waals surface area contributed by atoms with Crippen molar-refractivity contribution in [3.05, 3.63) is 59.4 Å². The molecule has 0 aliphatic carbocycles. The fourth-order valence-corrected chi connectivity index (χ4v) is 3.16. The number of halogens is 1. The normalized spacial score (nSPS) is 12.6. The molecular formula is C23H33FN4O2. The molecule has 0 aliphatic heterocycles. The Balaban J connectivity index is 2.08. The summed E-state index contributed by atoms with van der Waals surface area (Å²) in [4.78, 5) is 6.87. The van der Waals surface area contributed by atoms with Crippen molar-refractivity contribution < 1.29 is 13.9 Å². The number of nitrogens with one attached hydrogen (secondary N) is 2. The number of methoxy groups -OCH3 is 2. The lowest BCUT2D eigenvalue weighted by Gasteiger charge is -2.24. The topological polar surface area (TPSA) is 58.1 Å². The van der Waals surface area contributed by atoms with Crippen LogP contribution in [0.25, 0.3) is 0 Å². The molecule has 0 saturated heterocycles.